The number of carbonyl (C=O) groups is 2. The number of oxazole rings is 1. The SMILES string of the molecule is CC(=O)c1ccc(NC(=O)c2ncoc2-c2ccccc2C(F)(F)F)cc1. The number of anilines is 1. The number of benzene rings is 2. The zero-order valence-corrected chi connectivity index (χ0v) is 14.0. The van der Waals surface area contributed by atoms with Crippen LogP contribution in [0.2, 0.25) is 0 Å². The Morgan fingerprint density at radius 1 is 1.04 bits per heavy atom. The number of alkyl halides is 3. The van der Waals surface area contributed by atoms with Crippen molar-refractivity contribution in [3.05, 3.63) is 71.7 Å². The highest BCUT2D eigenvalue weighted by Crippen LogP contribution is 2.38. The van der Waals surface area contributed by atoms with E-state index in [9.17, 15) is 22.8 Å². The molecule has 3 aromatic rings. The molecular weight excluding hydrogens is 361 g/mol. The normalized spacial score (nSPS) is 11.3. The largest absolute Gasteiger partial charge is 0.443 e. The van der Waals surface area contributed by atoms with Gasteiger partial charge in [-0.15, -0.1) is 0 Å². The van der Waals surface area contributed by atoms with Crippen LogP contribution in [0.1, 0.15) is 33.3 Å². The van der Waals surface area contributed by atoms with Crippen molar-refractivity contribution >= 4 is 17.4 Å². The Kier molecular flexibility index (Phi) is 4.81. The fourth-order valence-corrected chi connectivity index (χ4v) is 2.51. The molecule has 0 bridgehead atoms. The summed E-state index contributed by atoms with van der Waals surface area (Å²) in [4.78, 5) is 27.5. The molecule has 0 fully saturated rings. The summed E-state index contributed by atoms with van der Waals surface area (Å²) < 4.78 is 44.8. The Morgan fingerprint density at radius 2 is 1.70 bits per heavy atom. The molecule has 0 atom stereocenters. The van der Waals surface area contributed by atoms with Crippen molar-refractivity contribution < 1.29 is 27.2 Å². The quantitative estimate of drug-likeness (QED) is 0.665. The maximum atomic E-state index is 13.2. The molecule has 8 heteroatoms. The number of Topliss-reactive ketones (excluding diaryl/α,β-unsaturated/α-hetero) is 1. The lowest BCUT2D eigenvalue weighted by Gasteiger charge is -2.11. The monoisotopic (exact) mass is 374 g/mol. The highest BCUT2D eigenvalue weighted by atomic mass is 19.4. The molecule has 0 radical (unpaired) electrons. The molecule has 0 saturated carbocycles. The molecule has 138 valence electrons. The summed E-state index contributed by atoms with van der Waals surface area (Å²) in [6, 6.07) is 10.9. The van der Waals surface area contributed by atoms with E-state index in [1.165, 1.54) is 49.4 Å². The average molecular weight is 374 g/mol. The van der Waals surface area contributed by atoms with Crippen LogP contribution in [-0.4, -0.2) is 16.7 Å². The molecule has 0 aliphatic carbocycles. The second-order valence-corrected chi connectivity index (χ2v) is 5.66. The Hall–Kier alpha value is -3.42. The van der Waals surface area contributed by atoms with Crippen molar-refractivity contribution in [2.24, 2.45) is 0 Å². The van der Waals surface area contributed by atoms with Gasteiger partial charge in [0.25, 0.3) is 5.91 Å². The van der Waals surface area contributed by atoms with E-state index in [-0.39, 0.29) is 22.8 Å². The van der Waals surface area contributed by atoms with Crippen LogP contribution in [0.15, 0.2) is 59.3 Å². The molecule has 0 unspecified atom stereocenters. The minimum atomic E-state index is -4.61. The van der Waals surface area contributed by atoms with Gasteiger partial charge < -0.3 is 9.73 Å². The van der Waals surface area contributed by atoms with Crippen LogP contribution in [0, 0.1) is 0 Å². The number of amides is 1. The number of hydrogen-bond donors (Lipinski definition) is 1. The Balaban J connectivity index is 1.92. The highest BCUT2D eigenvalue weighted by Gasteiger charge is 2.35. The number of carbonyl (C=O) groups excluding carboxylic acids is 2. The smallest absolute Gasteiger partial charge is 0.417 e. The first-order valence-corrected chi connectivity index (χ1v) is 7.80. The van der Waals surface area contributed by atoms with Crippen LogP contribution >= 0.6 is 0 Å². The van der Waals surface area contributed by atoms with Gasteiger partial charge in [-0.3, -0.25) is 9.59 Å². The van der Waals surface area contributed by atoms with Gasteiger partial charge in [0.1, 0.15) is 0 Å². The Morgan fingerprint density at radius 3 is 2.33 bits per heavy atom. The third-order valence-electron chi connectivity index (χ3n) is 3.81. The van der Waals surface area contributed by atoms with Gasteiger partial charge in [0.05, 0.1) is 5.56 Å². The topological polar surface area (TPSA) is 72.2 Å². The number of nitrogens with zero attached hydrogens (tertiary/aromatic N) is 1. The summed E-state index contributed by atoms with van der Waals surface area (Å²) in [5, 5.41) is 2.52. The lowest BCUT2D eigenvalue weighted by atomic mass is 10.0. The molecule has 0 saturated heterocycles. The summed E-state index contributed by atoms with van der Waals surface area (Å²) in [6.45, 7) is 1.41. The average Bonchev–Trinajstić information content (AvgIpc) is 3.11. The molecule has 5 nitrogen and oxygen atoms in total. The van der Waals surface area contributed by atoms with E-state index in [1.807, 2.05) is 0 Å². The molecule has 1 N–H and O–H groups in total. The first-order chi connectivity index (χ1) is 12.8. The molecule has 1 amide bonds. The summed E-state index contributed by atoms with van der Waals surface area (Å²) >= 11 is 0. The first-order valence-electron chi connectivity index (χ1n) is 7.80. The molecule has 2 aromatic carbocycles. The third kappa shape index (κ3) is 3.89. The Labute approximate surface area is 151 Å². The van der Waals surface area contributed by atoms with Gasteiger partial charge in [0.2, 0.25) is 0 Å². The Bertz CT molecular complexity index is 992. The molecule has 0 spiro atoms. The van der Waals surface area contributed by atoms with Crippen LogP contribution < -0.4 is 5.32 Å². The fraction of sp³-hybridized carbons (Fsp3) is 0.105. The fourth-order valence-electron chi connectivity index (χ4n) is 2.51. The number of halogens is 3. The second-order valence-electron chi connectivity index (χ2n) is 5.66. The van der Waals surface area contributed by atoms with E-state index in [1.54, 1.807) is 0 Å². The minimum Gasteiger partial charge on any atom is -0.443 e. The zero-order chi connectivity index (χ0) is 19.6. The molecule has 0 aliphatic heterocycles. The molecule has 0 aliphatic rings. The third-order valence-corrected chi connectivity index (χ3v) is 3.81. The maximum absolute atomic E-state index is 13.2. The summed E-state index contributed by atoms with van der Waals surface area (Å²) in [5.74, 6) is -1.14. The second kappa shape index (κ2) is 7.06. The maximum Gasteiger partial charge on any atom is 0.417 e. The molecule has 27 heavy (non-hydrogen) atoms. The lowest BCUT2D eigenvalue weighted by Crippen LogP contribution is -2.14. The van der Waals surface area contributed by atoms with Crippen molar-refractivity contribution in [1.82, 2.24) is 4.98 Å². The molecule has 1 heterocycles. The minimum absolute atomic E-state index is 0.129. The predicted octanol–water partition coefficient (Wildman–Crippen LogP) is 4.82. The molecule has 1 aromatic heterocycles. The van der Waals surface area contributed by atoms with Crippen molar-refractivity contribution in [1.29, 1.82) is 0 Å². The van der Waals surface area contributed by atoms with Crippen LogP contribution in [0.3, 0.4) is 0 Å². The number of hydrogen-bond acceptors (Lipinski definition) is 4. The van der Waals surface area contributed by atoms with E-state index in [4.69, 9.17) is 4.42 Å². The number of ketones is 1. The zero-order valence-electron chi connectivity index (χ0n) is 14.0. The van der Waals surface area contributed by atoms with Crippen molar-refractivity contribution in [2.75, 3.05) is 5.32 Å². The van der Waals surface area contributed by atoms with Gasteiger partial charge in [-0.25, -0.2) is 4.98 Å². The molecule has 3 rings (SSSR count). The number of aromatic nitrogens is 1. The van der Waals surface area contributed by atoms with Crippen molar-refractivity contribution in [2.45, 2.75) is 13.1 Å². The standard InChI is InChI=1S/C19H13F3N2O3/c1-11(25)12-6-8-13(9-7-12)24-18(26)16-17(27-10-23-16)14-4-2-3-5-15(14)19(20,21)22/h2-10H,1H3,(H,24,26). The summed E-state index contributed by atoms with van der Waals surface area (Å²) in [7, 11) is 0. The van der Waals surface area contributed by atoms with Crippen LogP contribution in [0.25, 0.3) is 11.3 Å². The summed E-state index contributed by atoms with van der Waals surface area (Å²) in [5.41, 5.74) is -0.652. The van der Waals surface area contributed by atoms with Gasteiger partial charge in [0.15, 0.2) is 23.6 Å². The van der Waals surface area contributed by atoms with E-state index >= 15 is 0 Å². The molecular formula is C19H13F3N2O3. The predicted molar refractivity (Wildman–Crippen MR) is 91.3 cm³/mol. The van der Waals surface area contributed by atoms with Crippen molar-refractivity contribution in [3.63, 3.8) is 0 Å². The van der Waals surface area contributed by atoms with Gasteiger partial charge in [0, 0.05) is 16.8 Å². The van der Waals surface area contributed by atoms with E-state index < -0.39 is 17.6 Å². The summed E-state index contributed by atoms with van der Waals surface area (Å²) in [6.07, 6.45) is -3.70. The van der Waals surface area contributed by atoms with Gasteiger partial charge in [-0.2, -0.15) is 13.2 Å². The van der Waals surface area contributed by atoms with Crippen LogP contribution in [0.4, 0.5) is 18.9 Å². The van der Waals surface area contributed by atoms with E-state index in [2.05, 4.69) is 10.3 Å². The van der Waals surface area contributed by atoms with Crippen LogP contribution in [0.5, 0.6) is 0 Å². The number of rotatable bonds is 4. The highest BCUT2D eigenvalue weighted by molar-refractivity contribution is 6.06. The van der Waals surface area contributed by atoms with Gasteiger partial charge in [-0.05, 0) is 37.3 Å². The van der Waals surface area contributed by atoms with Gasteiger partial charge in [-0.1, -0.05) is 18.2 Å². The lowest BCUT2D eigenvalue weighted by molar-refractivity contribution is -0.137. The van der Waals surface area contributed by atoms with Crippen molar-refractivity contribution in [3.8, 4) is 11.3 Å². The van der Waals surface area contributed by atoms with E-state index in [0.717, 1.165) is 12.5 Å². The first kappa shape index (κ1) is 18.4. The van der Waals surface area contributed by atoms with Gasteiger partial charge >= 0.3 is 6.18 Å². The van der Waals surface area contributed by atoms with Crippen LogP contribution in [-0.2, 0) is 6.18 Å². The number of nitrogens with one attached hydrogen (secondary N) is 1. The van der Waals surface area contributed by atoms with E-state index in [0.29, 0.717) is 11.3 Å².